The third-order valence-corrected chi connectivity index (χ3v) is 2.67. The lowest BCUT2D eigenvalue weighted by Crippen LogP contribution is -2.08. The Balaban J connectivity index is 2.23. The normalized spacial score (nSPS) is 11.5. The van der Waals surface area contributed by atoms with E-state index < -0.39 is 11.9 Å². The first-order valence-electron chi connectivity index (χ1n) is 4.54. The lowest BCUT2D eigenvalue weighted by Gasteiger charge is -2.06. The molecule has 2 heterocycles. The second-order valence-corrected chi connectivity index (χ2v) is 4.05. The van der Waals surface area contributed by atoms with E-state index in [9.17, 15) is 13.2 Å². The SMILES string of the molecule is FC(F)(F)c1ccnc(Sc2ccncc2)n1. The van der Waals surface area contributed by atoms with Gasteiger partial charge >= 0.3 is 6.18 Å². The van der Waals surface area contributed by atoms with Gasteiger partial charge in [0.1, 0.15) is 5.69 Å². The van der Waals surface area contributed by atoms with Crippen LogP contribution in [0.5, 0.6) is 0 Å². The molecule has 0 radical (unpaired) electrons. The molecule has 0 bridgehead atoms. The third-order valence-electron chi connectivity index (χ3n) is 1.78. The Hall–Kier alpha value is -1.63. The maximum atomic E-state index is 12.4. The quantitative estimate of drug-likeness (QED) is 0.775. The standard InChI is InChI=1S/C10H6F3N3S/c11-10(12,13)8-3-6-15-9(16-8)17-7-1-4-14-5-2-7/h1-6H. The van der Waals surface area contributed by atoms with E-state index in [-0.39, 0.29) is 5.16 Å². The summed E-state index contributed by atoms with van der Waals surface area (Å²) in [6, 6.07) is 4.19. The van der Waals surface area contributed by atoms with Crippen molar-refractivity contribution in [1.82, 2.24) is 15.0 Å². The van der Waals surface area contributed by atoms with Gasteiger partial charge in [0.05, 0.1) is 0 Å². The molecular weight excluding hydrogens is 251 g/mol. The van der Waals surface area contributed by atoms with Crippen molar-refractivity contribution in [3.8, 4) is 0 Å². The molecule has 0 aromatic carbocycles. The van der Waals surface area contributed by atoms with Gasteiger partial charge < -0.3 is 0 Å². The Kier molecular flexibility index (Phi) is 3.28. The van der Waals surface area contributed by atoms with Crippen molar-refractivity contribution in [2.75, 3.05) is 0 Å². The van der Waals surface area contributed by atoms with Crippen molar-refractivity contribution in [1.29, 1.82) is 0 Å². The maximum absolute atomic E-state index is 12.4. The Morgan fingerprint density at radius 2 is 1.71 bits per heavy atom. The number of rotatable bonds is 2. The minimum Gasteiger partial charge on any atom is -0.265 e. The Labute approximate surface area is 99.1 Å². The summed E-state index contributed by atoms with van der Waals surface area (Å²) in [4.78, 5) is 11.8. The first-order chi connectivity index (χ1) is 8.05. The van der Waals surface area contributed by atoms with Crippen LogP contribution in [0, 0.1) is 0 Å². The maximum Gasteiger partial charge on any atom is 0.433 e. The highest BCUT2D eigenvalue weighted by atomic mass is 32.2. The summed E-state index contributed by atoms with van der Waals surface area (Å²) in [7, 11) is 0. The molecular formula is C10H6F3N3S. The predicted octanol–water partition coefficient (Wildman–Crippen LogP) is 3.04. The Morgan fingerprint density at radius 3 is 2.35 bits per heavy atom. The highest BCUT2D eigenvalue weighted by Crippen LogP contribution is 2.30. The van der Waals surface area contributed by atoms with Crippen LogP contribution in [0.2, 0.25) is 0 Å². The van der Waals surface area contributed by atoms with Gasteiger partial charge in [-0.1, -0.05) is 0 Å². The van der Waals surface area contributed by atoms with Gasteiger partial charge in [-0.2, -0.15) is 13.2 Å². The van der Waals surface area contributed by atoms with E-state index in [0.29, 0.717) is 0 Å². The molecule has 17 heavy (non-hydrogen) atoms. The van der Waals surface area contributed by atoms with E-state index in [1.165, 1.54) is 0 Å². The van der Waals surface area contributed by atoms with Crippen molar-refractivity contribution in [2.24, 2.45) is 0 Å². The first kappa shape index (κ1) is 11.8. The average Bonchev–Trinajstić information content (AvgIpc) is 2.29. The lowest BCUT2D eigenvalue weighted by atomic mass is 10.4. The highest BCUT2D eigenvalue weighted by Gasteiger charge is 2.32. The number of pyridine rings is 1. The van der Waals surface area contributed by atoms with Crippen LogP contribution in [0.1, 0.15) is 5.69 Å². The molecule has 0 saturated heterocycles. The lowest BCUT2D eigenvalue weighted by molar-refractivity contribution is -0.141. The number of halogens is 3. The summed E-state index contributed by atoms with van der Waals surface area (Å²) in [6.45, 7) is 0. The molecule has 0 N–H and O–H groups in total. The topological polar surface area (TPSA) is 38.7 Å². The Morgan fingerprint density at radius 1 is 1.00 bits per heavy atom. The van der Waals surface area contributed by atoms with Crippen LogP contribution in [0.3, 0.4) is 0 Å². The van der Waals surface area contributed by atoms with Crippen LogP contribution in [0.25, 0.3) is 0 Å². The average molecular weight is 257 g/mol. The third kappa shape index (κ3) is 3.16. The fourth-order valence-corrected chi connectivity index (χ4v) is 1.79. The molecule has 7 heteroatoms. The minimum absolute atomic E-state index is 0.0611. The van der Waals surface area contributed by atoms with Gasteiger partial charge in [-0.25, -0.2) is 9.97 Å². The van der Waals surface area contributed by atoms with E-state index in [0.717, 1.165) is 28.9 Å². The molecule has 0 spiro atoms. The molecule has 2 aromatic rings. The van der Waals surface area contributed by atoms with E-state index in [1.807, 2.05) is 0 Å². The summed E-state index contributed by atoms with van der Waals surface area (Å²) in [5.74, 6) is 0. The van der Waals surface area contributed by atoms with Gasteiger partial charge in [0, 0.05) is 23.5 Å². The van der Waals surface area contributed by atoms with Crippen molar-refractivity contribution < 1.29 is 13.2 Å². The van der Waals surface area contributed by atoms with E-state index in [4.69, 9.17) is 0 Å². The number of aromatic nitrogens is 3. The predicted molar refractivity (Wildman–Crippen MR) is 55.4 cm³/mol. The van der Waals surface area contributed by atoms with Crippen LogP contribution >= 0.6 is 11.8 Å². The second kappa shape index (κ2) is 4.70. The van der Waals surface area contributed by atoms with Gasteiger partial charge in [-0.05, 0) is 30.0 Å². The van der Waals surface area contributed by atoms with Crippen LogP contribution in [-0.2, 0) is 6.18 Å². The van der Waals surface area contributed by atoms with Gasteiger partial charge in [0.25, 0.3) is 0 Å². The molecule has 0 atom stereocenters. The molecule has 0 amide bonds. The van der Waals surface area contributed by atoms with Crippen molar-refractivity contribution >= 4 is 11.8 Å². The van der Waals surface area contributed by atoms with Crippen molar-refractivity contribution in [3.05, 3.63) is 42.5 Å². The molecule has 0 unspecified atom stereocenters. The summed E-state index contributed by atoms with van der Waals surface area (Å²) in [5.41, 5.74) is -0.941. The monoisotopic (exact) mass is 257 g/mol. The van der Waals surface area contributed by atoms with Gasteiger partial charge in [0.2, 0.25) is 0 Å². The van der Waals surface area contributed by atoms with Gasteiger partial charge in [-0.15, -0.1) is 0 Å². The smallest absolute Gasteiger partial charge is 0.265 e. The summed E-state index contributed by atoms with van der Waals surface area (Å²) >= 11 is 1.06. The molecule has 2 aromatic heterocycles. The van der Waals surface area contributed by atoms with Gasteiger partial charge in [0.15, 0.2) is 5.16 Å². The number of alkyl halides is 3. The molecule has 0 saturated carbocycles. The van der Waals surface area contributed by atoms with E-state index in [1.54, 1.807) is 24.5 Å². The minimum atomic E-state index is -4.45. The summed E-state index contributed by atoms with van der Waals surface area (Å²) < 4.78 is 37.2. The highest BCUT2D eigenvalue weighted by molar-refractivity contribution is 7.99. The number of hydrogen-bond acceptors (Lipinski definition) is 4. The fourth-order valence-electron chi connectivity index (χ4n) is 1.06. The number of hydrogen-bond donors (Lipinski definition) is 0. The largest absolute Gasteiger partial charge is 0.433 e. The molecule has 0 aliphatic rings. The zero-order valence-corrected chi connectivity index (χ0v) is 9.16. The Bertz CT molecular complexity index is 502. The second-order valence-electron chi connectivity index (χ2n) is 3.01. The van der Waals surface area contributed by atoms with E-state index >= 15 is 0 Å². The fraction of sp³-hybridized carbons (Fsp3) is 0.100. The molecule has 0 aliphatic heterocycles. The van der Waals surface area contributed by atoms with Crippen molar-refractivity contribution in [2.45, 2.75) is 16.2 Å². The van der Waals surface area contributed by atoms with E-state index in [2.05, 4.69) is 15.0 Å². The zero-order valence-electron chi connectivity index (χ0n) is 8.35. The van der Waals surface area contributed by atoms with Crippen LogP contribution in [-0.4, -0.2) is 15.0 Å². The van der Waals surface area contributed by atoms with Gasteiger partial charge in [-0.3, -0.25) is 4.98 Å². The summed E-state index contributed by atoms with van der Waals surface area (Å²) in [6.07, 6.45) is -0.248. The van der Waals surface area contributed by atoms with Crippen LogP contribution < -0.4 is 0 Å². The summed E-state index contributed by atoms with van der Waals surface area (Å²) in [5, 5.41) is 0.0611. The molecule has 3 nitrogen and oxygen atoms in total. The molecule has 2 rings (SSSR count). The van der Waals surface area contributed by atoms with Crippen LogP contribution in [0.15, 0.2) is 46.8 Å². The molecule has 88 valence electrons. The molecule has 0 aliphatic carbocycles. The van der Waals surface area contributed by atoms with Crippen LogP contribution in [0.4, 0.5) is 13.2 Å². The number of nitrogens with zero attached hydrogens (tertiary/aromatic N) is 3. The molecule has 0 fully saturated rings. The zero-order chi connectivity index (χ0) is 12.3. The first-order valence-corrected chi connectivity index (χ1v) is 5.35. The van der Waals surface area contributed by atoms with Crippen molar-refractivity contribution in [3.63, 3.8) is 0 Å².